The minimum atomic E-state index is -3.50. The summed E-state index contributed by atoms with van der Waals surface area (Å²) in [6, 6.07) is 1.61. The van der Waals surface area contributed by atoms with Gasteiger partial charge in [0.05, 0.1) is 6.54 Å². The molecule has 1 saturated heterocycles. The maximum absolute atomic E-state index is 12.8. The lowest BCUT2D eigenvalue weighted by Crippen LogP contribution is -2.43. The van der Waals surface area contributed by atoms with Crippen LogP contribution in [0.25, 0.3) is 0 Å². The SMILES string of the molecule is CCNCc1cc(S(=O)(=O)N2CCCC(C)(C)C2)c(Br)o1. The number of nitrogens with zero attached hydrogens (tertiary/aromatic N) is 1. The molecule has 2 heterocycles. The van der Waals surface area contributed by atoms with Gasteiger partial charge in [-0.1, -0.05) is 20.8 Å². The molecule has 1 aromatic rings. The zero-order chi connectivity index (χ0) is 15.7. The van der Waals surface area contributed by atoms with Crippen molar-refractivity contribution >= 4 is 26.0 Å². The molecule has 1 N–H and O–H groups in total. The van der Waals surface area contributed by atoms with Crippen LogP contribution in [0.3, 0.4) is 0 Å². The predicted molar refractivity (Wildman–Crippen MR) is 85.6 cm³/mol. The zero-order valence-corrected chi connectivity index (χ0v) is 15.2. The number of hydrogen-bond donors (Lipinski definition) is 1. The minimum absolute atomic E-state index is 0.0220. The summed E-state index contributed by atoms with van der Waals surface area (Å²) in [6.45, 7) is 8.66. The molecule has 1 aromatic heterocycles. The van der Waals surface area contributed by atoms with E-state index in [9.17, 15) is 8.42 Å². The number of rotatable bonds is 5. The van der Waals surface area contributed by atoms with Crippen molar-refractivity contribution < 1.29 is 12.8 Å². The second kappa shape index (κ2) is 6.40. The molecule has 1 fully saturated rings. The highest BCUT2D eigenvalue weighted by atomic mass is 79.9. The van der Waals surface area contributed by atoms with Crippen molar-refractivity contribution in [3.05, 3.63) is 16.5 Å². The molecule has 1 aliphatic heterocycles. The Bertz CT molecular complexity index is 595. The Morgan fingerprint density at radius 1 is 1.48 bits per heavy atom. The third-order valence-corrected chi connectivity index (χ3v) is 6.44. The number of piperidine rings is 1. The average molecular weight is 379 g/mol. The second-order valence-corrected chi connectivity index (χ2v) is 8.86. The maximum Gasteiger partial charge on any atom is 0.247 e. The molecule has 21 heavy (non-hydrogen) atoms. The number of sulfonamides is 1. The smallest absolute Gasteiger partial charge is 0.247 e. The first-order valence-corrected chi connectivity index (χ1v) is 9.49. The topological polar surface area (TPSA) is 62.6 Å². The minimum Gasteiger partial charge on any atom is -0.452 e. The largest absolute Gasteiger partial charge is 0.452 e. The first kappa shape index (κ1) is 17.0. The van der Waals surface area contributed by atoms with Crippen LogP contribution in [0, 0.1) is 5.41 Å². The lowest BCUT2D eigenvalue weighted by molar-refractivity contribution is 0.187. The monoisotopic (exact) mass is 378 g/mol. The van der Waals surface area contributed by atoms with E-state index in [1.807, 2.05) is 6.92 Å². The number of halogens is 1. The molecule has 0 unspecified atom stereocenters. The van der Waals surface area contributed by atoms with Gasteiger partial charge in [-0.2, -0.15) is 4.31 Å². The van der Waals surface area contributed by atoms with E-state index in [0.29, 0.717) is 30.1 Å². The van der Waals surface area contributed by atoms with Crippen LogP contribution >= 0.6 is 15.9 Å². The van der Waals surface area contributed by atoms with Crippen molar-refractivity contribution in [1.82, 2.24) is 9.62 Å². The van der Waals surface area contributed by atoms with E-state index >= 15 is 0 Å². The van der Waals surface area contributed by atoms with Crippen LogP contribution in [0.15, 0.2) is 20.0 Å². The fourth-order valence-electron chi connectivity index (χ4n) is 2.62. The van der Waals surface area contributed by atoms with Gasteiger partial charge >= 0.3 is 0 Å². The number of furan rings is 1. The van der Waals surface area contributed by atoms with E-state index in [1.165, 1.54) is 0 Å². The summed E-state index contributed by atoms with van der Waals surface area (Å²) in [4.78, 5) is 0.230. The highest BCUT2D eigenvalue weighted by molar-refractivity contribution is 9.10. The first-order chi connectivity index (χ1) is 9.76. The van der Waals surface area contributed by atoms with Gasteiger partial charge in [0.2, 0.25) is 10.0 Å². The molecule has 120 valence electrons. The van der Waals surface area contributed by atoms with Crippen LogP contribution in [0.4, 0.5) is 0 Å². The van der Waals surface area contributed by atoms with E-state index in [4.69, 9.17) is 4.42 Å². The first-order valence-electron chi connectivity index (χ1n) is 7.25. The van der Waals surface area contributed by atoms with Crippen molar-refractivity contribution in [2.24, 2.45) is 5.41 Å². The maximum atomic E-state index is 12.8. The summed E-state index contributed by atoms with van der Waals surface area (Å²) in [5.41, 5.74) is 0.0220. The molecule has 0 aromatic carbocycles. The van der Waals surface area contributed by atoms with Gasteiger partial charge in [-0.3, -0.25) is 0 Å². The van der Waals surface area contributed by atoms with Crippen LogP contribution < -0.4 is 5.32 Å². The van der Waals surface area contributed by atoms with Crippen molar-refractivity contribution in [3.63, 3.8) is 0 Å². The van der Waals surface area contributed by atoms with Gasteiger partial charge in [-0.25, -0.2) is 8.42 Å². The molecule has 0 aliphatic carbocycles. The van der Waals surface area contributed by atoms with Crippen molar-refractivity contribution in [1.29, 1.82) is 0 Å². The molecule has 7 heteroatoms. The normalized spacial score (nSPS) is 19.8. The van der Waals surface area contributed by atoms with Gasteiger partial charge in [0, 0.05) is 19.2 Å². The molecular formula is C14H23BrN2O3S. The Morgan fingerprint density at radius 3 is 2.81 bits per heavy atom. The fraction of sp³-hybridized carbons (Fsp3) is 0.714. The molecule has 0 radical (unpaired) electrons. The van der Waals surface area contributed by atoms with Crippen LogP contribution in [-0.4, -0.2) is 32.4 Å². The van der Waals surface area contributed by atoms with Gasteiger partial charge in [0.1, 0.15) is 10.7 Å². The molecular weight excluding hydrogens is 356 g/mol. The third kappa shape index (κ3) is 3.88. The molecule has 2 rings (SSSR count). The summed E-state index contributed by atoms with van der Waals surface area (Å²) in [5, 5.41) is 3.13. The van der Waals surface area contributed by atoms with E-state index in [-0.39, 0.29) is 10.3 Å². The Kier molecular flexibility index (Phi) is 5.18. The van der Waals surface area contributed by atoms with Gasteiger partial charge in [-0.15, -0.1) is 0 Å². The van der Waals surface area contributed by atoms with Crippen LogP contribution in [0.1, 0.15) is 39.4 Å². The van der Waals surface area contributed by atoms with Gasteiger partial charge < -0.3 is 9.73 Å². The molecule has 0 saturated carbocycles. The standard InChI is InChI=1S/C14H23BrN2O3S/c1-4-16-9-11-8-12(13(15)20-11)21(18,19)17-7-5-6-14(2,3)10-17/h8,16H,4-7,9-10H2,1-3H3. The second-order valence-electron chi connectivity index (χ2n) is 6.24. The Balaban J connectivity index is 2.25. The summed E-state index contributed by atoms with van der Waals surface area (Å²) in [7, 11) is -3.50. The molecule has 0 spiro atoms. The van der Waals surface area contributed by atoms with Crippen LogP contribution in [0.2, 0.25) is 0 Å². The lowest BCUT2D eigenvalue weighted by atomic mass is 9.85. The highest BCUT2D eigenvalue weighted by Crippen LogP contribution is 2.34. The molecule has 0 bridgehead atoms. The Morgan fingerprint density at radius 2 is 2.19 bits per heavy atom. The van der Waals surface area contributed by atoms with Crippen molar-refractivity contribution in [2.75, 3.05) is 19.6 Å². The van der Waals surface area contributed by atoms with E-state index < -0.39 is 10.0 Å². The molecule has 0 amide bonds. The third-order valence-electron chi connectivity index (χ3n) is 3.74. The van der Waals surface area contributed by atoms with Gasteiger partial charge in [0.25, 0.3) is 0 Å². The summed E-state index contributed by atoms with van der Waals surface area (Å²) in [5.74, 6) is 0.624. The van der Waals surface area contributed by atoms with Crippen LogP contribution in [0.5, 0.6) is 0 Å². The van der Waals surface area contributed by atoms with Crippen molar-refractivity contribution in [3.8, 4) is 0 Å². The predicted octanol–water partition coefficient (Wildman–Crippen LogP) is 2.96. The molecule has 0 atom stereocenters. The van der Waals surface area contributed by atoms with Gasteiger partial charge in [0.15, 0.2) is 4.67 Å². The summed E-state index contributed by atoms with van der Waals surface area (Å²) in [6.07, 6.45) is 1.95. The number of hydrogen-bond acceptors (Lipinski definition) is 4. The van der Waals surface area contributed by atoms with Crippen LogP contribution in [-0.2, 0) is 16.6 Å². The molecule has 1 aliphatic rings. The lowest BCUT2D eigenvalue weighted by Gasteiger charge is -2.36. The summed E-state index contributed by atoms with van der Waals surface area (Å²) < 4.78 is 33.0. The van der Waals surface area contributed by atoms with E-state index in [0.717, 1.165) is 19.4 Å². The fourth-order valence-corrected chi connectivity index (χ4v) is 5.25. The Hall–Kier alpha value is -0.370. The number of nitrogens with one attached hydrogen (secondary N) is 1. The average Bonchev–Trinajstić information content (AvgIpc) is 2.77. The Labute approximate surface area is 135 Å². The van der Waals surface area contributed by atoms with Gasteiger partial charge in [-0.05, 0) is 40.7 Å². The summed E-state index contributed by atoms with van der Waals surface area (Å²) >= 11 is 3.24. The highest BCUT2D eigenvalue weighted by Gasteiger charge is 2.36. The quantitative estimate of drug-likeness (QED) is 0.855. The van der Waals surface area contributed by atoms with E-state index in [1.54, 1.807) is 10.4 Å². The van der Waals surface area contributed by atoms with E-state index in [2.05, 4.69) is 35.1 Å². The van der Waals surface area contributed by atoms with Crippen molar-refractivity contribution in [2.45, 2.75) is 45.1 Å². The zero-order valence-electron chi connectivity index (χ0n) is 12.8. The molecule has 5 nitrogen and oxygen atoms in total.